The highest BCUT2D eigenvalue weighted by Crippen LogP contribution is 2.10. The Morgan fingerprint density at radius 3 is 2.27 bits per heavy atom. The molecule has 3 heteroatoms. The molecule has 11 heavy (non-hydrogen) atoms. The van der Waals surface area contributed by atoms with Crippen molar-refractivity contribution in [2.75, 3.05) is 0 Å². The maximum Gasteiger partial charge on any atom is 0.307 e. The first-order valence-electron chi connectivity index (χ1n) is 3.71. The average Bonchev–Trinajstić information content (AvgIpc) is 1.53. The molecule has 0 saturated heterocycles. The predicted molar refractivity (Wildman–Crippen MR) is 48.9 cm³/mol. The van der Waals surface area contributed by atoms with Gasteiger partial charge in [-0.3, -0.25) is 4.79 Å². The van der Waals surface area contributed by atoms with E-state index >= 15 is 0 Å². The number of thiol groups is 1. The lowest BCUT2D eigenvalue weighted by atomic mass is 10.2. The molecular weight excluding hydrogens is 160 g/mol. The second-order valence-corrected chi connectivity index (χ2v) is 4.52. The normalized spacial score (nSPS) is 14.3. The average molecular weight is 176 g/mol. The molecule has 1 atom stereocenters. The van der Waals surface area contributed by atoms with Gasteiger partial charge in [-0.25, -0.2) is 0 Å². The summed E-state index contributed by atoms with van der Waals surface area (Å²) in [6, 6.07) is 0. The second-order valence-electron chi connectivity index (χ2n) is 3.64. The quantitative estimate of drug-likeness (QED) is 0.514. The fraction of sp³-hybridized carbons (Fsp3) is 0.875. The SMILES string of the molecule is CC(S)CC(=O)OC(C)(C)C. The van der Waals surface area contributed by atoms with Gasteiger partial charge in [-0.2, -0.15) is 12.6 Å². The molecule has 1 unspecified atom stereocenters. The van der Waals surface area contributed by atoms with E-state index in [4.69, 9.17) is 4.74 Å². The molecule has 0 aliphatic rings. The third kappa shape index (κ3) is 7.72. The van der Waals surface area contributed by atoms with E-state index in [1.54, 1.807) is 0 Å². The molecule has 0 N–H and O–H groups in total. The summed E-state index contributed by atoms with van der Waals surface area (Å²) in [5.74, 6) is -0.181. The molecule has 0 saturated carbocycles. The minimum absolute atomic E-state index is 0.0739. The number of ether oxygens (including phenoxy) is 1. The first-order chi connectivity index (χ1) is 4.81. The van der Waals surface area contributed by atoms with Crippen LogP contribution < -0.4 is 0 Å². The minimum atomic E-state index is -0.375. The summed E-state index contributed by atoms with van der Waals surface area (Å²) >= 11 is 4.09. The minimum Gasteiger partial charge on any atom is -0.460 e. The molecule has 0 spiro atoms. The summed E-state index contributed by atoms with van der Waals surface area (Å²) in [4.78, 5) is 11.0. The first kappa shape index (κ1) is 10.8. The van der Waals surface area contributed by atoms with Gasteiger partial charge in [0, 0.05) is 5.25 Å². The molecule has 0 bridgehead atoms. The van der Waals surface area contributed by atoms with E-state index in [9.17, 15) is 4.79 Å². The van der Waals surface area contributed by atoms with Gasteiger partial charge >= 0.3 is 5.97 Å². The van der Waals surface area contributed by atoms with E-state index in [1.165, 1.54) is 0 Å². The van der Waals surface area contributed by atoms with Crippen LogP contribution in [0.2, 0.25) is 0 Å². The molecule has 0 aromatic rings. The molecule has 0 heterocycles. The van der Waals surface area contributed by atoms with Crippen LogP contribution >= 0.6 is 12.6 Å². The van der Waals surface area contributed by atoms with Crippen molar-refractivity contribution in [2.45, 2.75) is 45.0 Å². The Hall–Kier alpha value is -0.180. The van der Waals surface area contributed by atoms with Crippen LogP contribution in [0.15, 0.2) is 0 Å². The van der Waals surface area contributed by atoms with Crippen LogP contribution in [-0.2, 0) is 9.53 Å². The van der Waals surface area contributed by atoms with Crippen molar-refractivity contribution < 1.29 is 9.53 Å². The lowest BCUT2D eigenvalue weighted by Crippen LogP contribution is -2.24. The van der Waals surface area contributed by atoms with E-state index in [1.807, 2.05) is 27.7 Å². The van der Waals surface area contributed by atoms with Gasteiger partial charge < -0.3 is 4.74 Å². The molecule has 2 nitrogen and oxygen atoms in total. The number of carbonyl (C=O) groups excluding carboxylic acids is 1. The fourth-order valence-electron chi connectivity index (χ4n) is 0.624. The van der Waals surface area contributed by atoms with Gasteiger partial charge in [0.15, 0.2) is 0 Å². The Morgan fingerprint density at radius 2 is 2.00 bits per heavy atom. The predicted octanol–water partition coefficient (Wildman–Crippen LogP) is 2.04. The highest BCUT2D eigenvalue weighted by atomic mass is 32.1. The number of hydrogen-bond acceptors (Lipinski definition) is 3. The van der Waals surface area contributed by atoms with Crippen molar-refractivity contribution in [3.63, 3.8) is 0 Å². The Bertz CT molecular complexity index is 136. The van der Waals surface area contributed by atoms with Gasteiger partial charge in [0.05, 0.1) is 6.42 Å². The topological polar surface area (TPSA) is 26.3 Å². The molecule has 0 rings (SSSR count). The van der Waals surface area contributed by atoms with Gasteiger partial charge in [-0.15, -0.1) is 0 Å². The lowest BCUT2D eigenvalue weighted by Gasteiger charge is -2.19. The number of rotatable bonds is 2. The molecular formula is C8H16O2S. The summed E-state index contributed by atoms with van der Waals surface area (Å²) in [6.07, 6.45) is 0.375. The molecule has 0 aliphatic carbocycles. The van der Waals surface area contributed by atoms with Crippen LogP contribution in [-0.4, -0.2) is 16.8 Å². The van der Waals surface area contributed by atoms with Crippen LogP contribution in [0.5, 0.6) is 0 Å². The van der Waals surface area contributed by atoms with E-state index in [2.05, 4.69) is 12.6 Å². The van der Waals surface area contributed by atoms with Crippen molar-refractivity contribution in [3.05, 3.63) is 0 Å². The van der Waals surface area contributed by atoms with Crippen LogP contribution in [0.3, 0.4) is 0 Å². The van der Waals surface area contributed by atoms with Crippen molar-refractivity contribution in [1.82, 2.24) is 0 Å². The van der Waals surface area contributed by atoms with Crippen molar-refractivity contribution >= 4 is 18.6 Å². The summed E-state index contributed by atoms with van der Waals surface area (Å²) in [7, 11) is 0. The Kier molecular flexibility index (Phi) is 3.93. The molecule has 66 valence electrons. The van der Waals surface area contributed by atoms with Gasteiger partial charge in [0.25, 0.3) is 0 Å². The van der Waals surface area contributed by atoms with Crippen LogP contribution in [0.25, 0.3) is 0 Å². The highest BCUT2D eigenvalue weighted by Gasteiger charge is 2.16. The summed E-state index contributed by atoms with van der Waals surface area (Å²) in [5, 5.41) is 0.0739. The first-order valence-corrected chi connectivity index (χ1v) is 4.23. The zero-order valence-electron chi connectivity index (χ0n) is 7.55. The maximum atomic E-state index is 11.0. The number of hydrogen-bond donors (Lipinski definition) is 1. The second kappa shape index (κ2) is 4.00. The molecule has 0 amide bonds. The molecule has 0 aliphatic heterocycles. The standard InChI is InChI=1S/C8H16O2S/c1-6(11)5-7(9)10-8(2,3)4/h6,11H,5H2,1-4H3. The zero-order chi connectivity index (χ0) is 9.07. The van der Waals surface area contributed by atoms with E-state index in [-0.39, 0.29) is 16.8 Å². The molecule has 0 radical (unpaired) electrons. The van der Waals surface area contributed by atoms with Crippen LogP contribution in [0.1, 0.15) is 34.1 Å². The zero-order valence-corrected chi connectivity index (χ0v) is 8.44. The molecule has 0 aromatic carbocycles. The summed E-state index contributed by atoms with van der Waals surface area (Å²) < 4.78 is 5.06. The third-order valence-electron chi connectivity index (χ3n) is 0.882. The molecule has 0 aromatic heterocycles. The fourth-order valence-corrected chi connectivity index (χ4v) is 0.773. The summed E-state index contributed by atoms with van der Waals surface area (Å²) in [5.41, 5.74) is -0.375. The number of carbonyl (C=O) groups is 1. The van der Waals surface area contributed by atoms with Crippen molar-refractivity contribution in [2.24, 2.45) is 0 Å². The third-order valence-corrected chi connectivity index (χ3v) is 1.06. The van der Waals surface area contributed by atoms with Crippen LogP contribution in [0.4, 0.5) is 0 Å². The van der Waals surface area contributed by atoms with Gasteiger partial charge in [0.1, 0.15) is 5.60 Å². The van der Waals surface area contributed by atoms with E-state index in [0.29, 0.717) is 6.42 Å². The molecule has 0 fully saturated rings. The number of esters is 1. The van der Waals surface area contributed by atoms with Gasteiger partial charge in [0.2, 0.25) is 0 Å². The van der Waals surface area contributed by atoms with E-state index in [0.717, 1.165) is 0 Å². The summed E-state index contributed by atoms with van der Waals surface area (Å²) in [6.45, 7) is 7.43. The Balaban J connectivity index is 3.71. The van der Waals surface area contributed by atoms with Crippen molar-refractivity contribution in [3.8, 4) is 0 Å². The Morgan fingerprint density at radius 1 is 1.55 bits per heavy atom. The van der Waals surface area contributed by atoms with E-state index < -0.39 is 0 Å². The highest BCUT2D eigenvalue weighted by molar-refractivity contribution is 7.80. The van der Waals surface area contributed by atoms with Crippen molar-refractivity contribution in [1.29, 1.82) is 0 Å². The maximum absolute atomic E-state index is 11.0. The smallest absolute Gasteiger partial charge is 0.307 e. The largest absolute Gasteiger partial charge is 0.460 e. The Labute approximate surface area is 73.7 Å². The monoisotopic (exact) mass is 176 g/mol. The van der Waals surface area contributed by atoms with Gasteiger partial charge in [-0.1, -0.05) is 6.92 Å². The lowest BCUT2D eigenvalue weighted by molar-refractivity contribution is -0.154. The van der Waals surface area contributed by atoms with Gasteiger partial charge in [-0.05, 0) is 20.8 Å². The van der Waals surface area contributed by atoms with Crippen LogP contribution in [0, 0.1) is 0 Å².